The number of phenols is 1. The summed E-state index contributed by atoms with van der Waals surface area (Å²) in [5, 5.41) is 10.7. The first kappa shape index (κ1) is 12.9. The topological polar surface area (TPSA) is 20.2 Å². The molecule has 2 aromatic rings. The van der Waals surface area contributed by atoms with Crippen LogP contribution in [0.3, 0.4) is 0 Å². The molecule has 1 N–H and O–H groups in total. The number of hydrogen-bond donors (Lipinski definition) is 1. The summed E-state index contributed by atoms with van der Waals surface area (Å²) in [6.07, 6.45) is 1.45. The van der Waals surface area contributed by atoms with E-state index in [-0.39, 0.29) is 17.5 Å². The summed E-state index contributed by atoms with van der Waals surface area (Å²) < 4.78 is 14.6. The molecule has 1 nitrogen and oxygen atoms in total. The maximum atomic E-state index is 14.0. The molecule has 98 valence electrons. The minimum Gasteiger partial charge on any atom is -0.508 e. The van der Waals surface area contributed by atoms with Crippen molar-refractivity contribution in [1.29, 1.82) is 0 Å². The SMILES string of the molecule is Oc1cc(Br)cc(F)c1C1Cc2ccc(Cl)cc2C1. The summed E-state index contributed by atoms with van der Waals surface area (Å²) in [5.74, 6) is -0.381. The molecule has 1 aliphatic carbocycles. The highest BCUT2D eigenvalue weighted by molar-refractivity contribution is 9.10. The summed E-state index contributed by atoms with van der Waals surface area (Å²) in [7, 11) is 0. The van der Waals surface area contributed by atoms with Crippen LogP contribution in [0.4, 0.5) is 4.39 Å². The molecule has 0 bridgehead atoms. The predicted molar refractivity (Wildman–Crippen MR) is 77.4 cm³/mol. The van der Waals surface area contributed by atoms with E-state index in [4.69, 9.17) is 11.6 Å². The number of halogens is 3. The predicted octanol–water partition coefficient (Wildman–Crippen LogP) is 4.83. The van der Waals surface area contributed by atoms with Gasteiger partial charge in [0.2, 0.25) is 0 Å². The second kappa shape index (κ2) is 4.80. The zero-order chi connectivity index (χ0) is 13.6. The maximum Gasteiger partial charge on any atom is 0.131 e. The average molecular weight is 342 g/mol. The third kappa shape index (κ3) is 2.37. The van der Waals surface area contributed by atoms with Gasteiger partial charge in [-0.25, -0.2) is 4.39 Å². The highest BCUT2D eigenvalue weighted by Gasteiger charge is 2.27. The molecule has 0 radical (unpaired) electrons. The quantitative estimate of drug-likeness (QED) is 0.787. The number of rotatable bonds is 1. The lowest BCUT2D eigenvalue weighted by atomic mass is 9.95. The molecule has 4 heteroatoms. The minimum atomic E-state index is -0.365. The fourth-order valence-electron chi connectivity index (χ4n) is 2.77. The van der Waals surface area contributed by atoms with E-state index >= 15 is 0 Å². The summed E-state index contributed by atoms with van der Waals surface area (Å²) in [4.78, 5) is 0. The Balaban J connectivity index is 1.99. The van der Waals surface area contributed by atoms with Crippen LogP contribution in [0, 0.1) is 5.82 Å². The van der Waals surface area contributed by atoms with Crippen molar-refractivity contribution in [2.75, 3.05) is 0 Å². The van der Waals surface area contributed by atoms with Crippen molar-refractivity contribution in [3.63, 3.8) is 0 Å². The fraction of sp³-hybridized carbons (Fsp3) is 0.200. The molecule has 1 atom stereocenters. The van der Waals surface area contributed by atoms with E-state index < -0.39 is 0 Å². The molecule has 0 aliphatic heterocycles. The van der Waals surface area contributed by atoms with Gasteiger partial charge in [0.25, 0.3) is 0 Å². The Morgan fingerprint density at radius 1 is 1.16 bits per heavy atom. The van der Waals surface area contributed by atoms with Gasteiger partial charge in [0, 0.05) is 15.1 Å². The van der Waals surface area contributed by atoms with Crippen LogP contribution < -0.4 is 0 Å². The number of benzene rings is 2. The summed E-state index contributed by atoms with van der Waals surface area (Å²) >= 11 is 9.15. The zero-order valence-electron chi connectivity index (χ0n) is 9.96. The summed E-state index contributed by atoms with van der Waals surface area (Å²) in [5.41, 5.74) is 2.71. The molecular formula is C15H11BrClFO. The number of hydrogen-bond acceptors (Lipinski definition) is 1. The normalized spacial score (nSPS) is 17.5. The zero-order valence-corrected chi connectivity index (χ0v) is 12.3. The van der Waals surface area contributed by atoms with Gasteiger partial charge in [-0.3, -0.25) is 0 Å². The lowest BCUT2D eigenvalue weighted by Gasteiger charge is -2.13. The maximum absolute atomic E-state index is 14.0. The molecule has 0 spiro atoms. The second-order valence-corrected chi connectivity index (χ2v) is 6.19. The lowest BCUT2D eigenvalue weighted by molar-refractivity contribution is 0.449. The molecule has 0 saturated heterocycles. The number of fused-ring (bicyclic) bond motifs is 1. The first-order chi connectivity index (χ1) is 9.04. The van der Waals surface area contributed by atoms with Gasteiger partial charge < -0.3 is 5.11 Å². The van der Waals surface area contributed by atoms with Crippen molar-refractivity contribution in [1.82, 2.24) is 0 Å². The highest BCUT2D eigenvalue weighted by atomic mass is 79.9. The van der Waals surface area contributed by atoms with Gasteiger partial charge in [0.05, 0.1) is 0 Å². The van der Waals surface area contributed by atoms with Crippen LogP contribution in [-0.4, -0.2) is 5.11 Å². The Morgan fingerprint density at radius 2 is 1.89 bits per heavy atom. The van der Waals surface area contributed by atoms with Crippen molar-refractivity contribution < 1.29 is 9.50 Å². The van der Waals surface area contributed by atoms with Gasteiger partial charge in [0.15, 0.2) is 0 Å². The molecule has 19 heavy (non-hydrogen) atoms. The van der Waals surface area contributed by atoms with E-state index in [2.05, 4.69) is 15.9 Å². The average Bonchev–Trinajstić information content (AvgIpc) is 2.69. The third-order valence-electron chi connectivity index (χ3n) is 3.58. The van der Waals surface area contributed by atoms with Gasteiger partial charge in [-0.05, 0) is 54.2 Å². The van der Waals surface area contributed by atoms with Crippen LogP contribution in [0.2, 0.25) is 5.02 Å². The second-order valence-electron chi connectivity index (χ2n) is 4.84. The molecule has 0 amide bonds. The van der Waals surface area contributed by atoms with E-state index in [1.807, 2.05) is 18.2 Å². The van der Waals surface area contributed by atoms with Crippen molar-refractivity contribution in [3.8, 4) is 5.75 Å². The van der Waals surface area contributed by atoms with E-state index in [0.29, 0.717) is 21.5 Å². The monoisotopic (exact) mass is 340 g/mol. The van der Waals surface area contributed by atoms with Gasteiger partial charge in [-0.15, -0.1) is 0 Å². The van der Waals surface area contributed by atoms with Crippen LogP contribution >= 0.6 is 27.5 Å². The van der Waals surface area contributed by atoms with Crippen molar-refractivity contribution >= 4 is 27.5 Å². The smallest absolute Gasteiger partial charge is 0.131 e. The van der Waals surface area contributed by atoms with Crippen molar-refractivity contribution in [2.24, 2.45) is 0 Å². The summed E-state index contributed by atoms with van der Waals surface area (Å²) in [6, 6.07) is 8.68. The van der Waals surface area contributed by atoms with Gasteiger partial charge in [-0.2, -0.15) is 0 Å². The van der Waals surface area contributed by atoms with Crippen LogP contribution in [-0.2, 0) is 12.8 Å². The third-order valence-corrected chi connectivity index (χ3v) is 4.27. The molecule has 0 aromatic heterocycles. The molecule has 1 unspecified atom stereocenters. The van der Waals surface area contributed by atoms with E-state index in [9.17, 15) is 9.50 Å². The minimum absolute atomic E-state index is 0.00998. The van der Waals surface area contributed by atoms with Crippen molar-refractivity contribution in [2.45, 2.75) is 18.8 Å². The molecule has 1 aliphatic rings. The Morgan fingerprint density at radius 3 is 2.63 bits per heavy atom. The van der Waals surface area contributed by atoms with Crippen LogP contribution in [0.1, 0.15) is 22.6 Å². The Bertz CT molecular complexity index is 634. The fourth-order valence-corrected chi connectivity index (χ4v) is 3.38. The van der Waals surface area contributed by atoms with Crippen molar-refractivity contribution in [3.05, 3.63) is 62.3 Å². The van der Waals surface area contributed by atoms with Crippen LogP contribution in [0.25, 0.3) is 0 Å². The first-order valence-corrected chi connectivity index (χ1v) is 7.17. The van der Waals surface area contributed by atoms with E-state index in [0.717, 1.165) is 12.0 Å². The Kier molecular flexibility index (Phi) is 3.27. The molecule has 0 saturated carbocycles. The first-order valence-electron chi connectivity index (χ1n) is 6.00. The van der Waals surface area contributed by atoms with Gasteiger partial charge in [0.1, 0.15) is 11.6 Å². The number of phenolic OH excluding ortho intramolecular Hbond substituents is 1. The van der Waals surface area contributed by atoms with E-state index in [1.165, 1.54) is 17.7 Å². The highest BCUT2D eigenvalue weighted by Crippen LogP contribution is 2.40. The molecule has 0 heterocycles. The van der Waals surface area contributed by atoms with E-state index in [1.54, 1.807) is 0 Å². The Labute approximate surface area is 124 Å². The standard InChI is InChI=1S/C15H11BrClFO/c16-11-6-13(18)15(14(19)7-11)10-3-8-1-2-12(17)5-9(8)4-10/h1-2,5-7,10,19H,3-4H2. The summed E-state index contributed by atoms with van der Waals surface area (Å²) in [6.45, 7) is 0. The van der Waals surface area contributed by atoms with Crippen LogP contribution in [0.5, 0.6) is 5.75 Å². The Hall–Kier alpha value is -1.06. The molecule has 2 aromatic carbocycles. The van der Waals surface area contributed by atoms with Gasteiger partial charge in [-0.1, -0.05) is 33.6 Å². The number of aromatic hydroxyl groups is 1. The molecule has 3 rings (SSSR count). The largest absolute Gasteiger partial charge is 0.508 e. The molecular weight excluding hydrogens is 331 g/mol. The van der Waals surface area contributed by atoms with Gasteiger partial charge >= 0.3 is 0 Å². The van der Waals surface area contributed by atoms with Crippen LogP contribution in [0.15, 0.2) is 34.8 Å². The lowest BCUT2D eigenvalue weighted by Crippen LogP contribution is -2.02. The molecule has 0 fully saturated rings.